The summed E-state index contributed by atoms with van der Waals surface area (Å²) in [7, 11) is 0. The number of rotatable bonds is 4. The molecule has 0 radical (unpaired) electrons. The molecule has 6 heteroatoms. The lowest BCUT2D eigenvalue weighted by molar-refractivity contribution is -0.183. The first-order valence-corrected chi connectivity index (χ1v) is 8.36. The van der Waals surface area contributed by atoms with Crippen molar-refractivity contribution >= 4 is 36.1 Å². The second-order valence-corrected chi connectivity index (χ2v) is 7.05. The third-order valence-corrected chi connectivity index (χ3v) is 5.32. The number of hydrogen-bond donors (Lipinski definition) is 2. The number of aryl methyl sites for hydroxylation is 1. The van der Waals surface area contributed by atoms with Gasteiger partial charge in [0.05, 0.1) is 5.70 Å². The summed E-state index contributed by atoms with van der Waals surface area (Å²) in [5.74, 6) is -0.943. The van der Waals surface area contributed by atoms with Gasteiger partial charge in [-0.15, -0.1) is 12.6 Å². The van der Waals surface area contributed by atoms with Crippen LogP contribution in [0.4, 0.5) is 0 Å². The van der Waals surface area contributed by atoms with E-state index in [4.69, 9.17) is 4.84 Å². The fourth-order valence-electron chi connectivity index (χ4n) is 2.66. The number of hydroxylamine groups is 2. The number of aliphatic carboxylic acids is 1. The van der Waals surface area contributed by atoms with E-state index in [9.17, 15) is 9.90 Å². The minimum atomic E-state index is -0.943. The Balaban J connectivity index is 1.94. The predicted octanol–water partition coefficient (Wildman–Crippen LogP) is 3.36. The normalized spacial score (nSPS) is 22.0. The minimum Gasteiger partial charge on any atom is -0.479 e. The molecule has 1 aromatic rings. The monoisotopic (exact) mass is 323 g/mol. The van der Waals surface area contributed by atoms with Crippen LogP contribution >= 0.6 is 24.4 Å². The summed E-state index contributed by atoms with van der Waals surface area (Å²) in [4.78, 5) is 18.2. The topological polar surface area (TPSA) is 49.8 Å². The lowest BCUT2D eigenvalue weighted by atomic mass is 9.94. The second kappa shape index (κ2) is 5.94. The lowest BCUT2D eigenvalue weighted by Crippen LogP contribution is -2.34. The van der Waals surface area contributed by atoms with E-state index < -0.39 is 12.1 Å². The Bertz CT molecular complexity index is 602. The van der Waals surface area contributed by atoms with Gasteiger partial charge in [-0.1, -0.05) is 43.0 Å². The van der Waals surface area contributed by atoms with E-state index in [1.165, 1.54) is 10.5 Å². The molecular formula is C15H17NO3S2. The van der Waals surface area contributed by atoms with Gasteiger partial charge in [-0.3, -0.25) is 4.84 Å². The SMILES string of the molecule is CCC(ON1C2=C(CCc3ccccc32)SC1S)C(=O)O. The average molecular weight is 323 g/mol. The maximum absolute atomic E-state index is 11.2. The zero-order valence-electron chi connectivity index (χ0n) is 11.7. The number of hydrogen-bond acceptors (Lipinski definition) is 5. The van der Waals surface area contributed by atoms with Gasteiger partial charge >= 0.3 is 5.97 Å². The van der Waals surface area contributed by atoms with Crippen molar-refractivity contribution in [3.8, 4) is 0 Å². The fourth-order valence-corrected chi connectivity index (χ4v) is 4.25. The van der Waals surface area contributed by atoms with Crippen LogP contribution in [0.5, 0.6) is 0 Å². The molecule has 2 atom stereocenters. The number of fused-ring (bicyclic) bond motifs is 2. The Morgan fingerprint density at radius 1 is 1.52 bits per heavy atom. The Morgan fingerprint density at radius 2 is 2.29 bits per heavy atom. The van der Waals surface area contributed by atoms with E-state index in [1.54, 1.807) is 23.7 Å². The molecule has 0 bridgehead atoms. The Hall–Kier alpha value is -1.11. The molecular weight excluding hydrogens is 306 g/mol. The minimum absolute atomic E-state index is 0.199. The molecule has 3 rings (SSSR count). The lowest BCUT2D eigenvalue weighted by Gasteiger charge is -2.29. The van der Waals surface area contributed by atoms with Gasteiger partial charge in [0.2, 0.25) is 0 Å². The molecule has 1 heterocycles. The van der Waals surface area contributed by atoms with Crippen molar-refractivity contribution in [2.75, 3.05) is 0 Å². The van der Waals surface area contributed by atoms with E-state index in [0.717, 1.165) is 24.1 Å². The van der Waals surface area contributed by atoms with E-state index in [-0.39, 0.29) is 4.71 Å². The standard InChI is InChI=1S/C15H17NO3S2/c1-2-11(14(17)18)19-16-13-10-6-4-3-5-9(10)7-8-12(13)21-15(16)20/h3-6,11,15,20H,2,7-8H2,1H3,(H,17,18). The Labute approximate surface area is 133 Å². The summed E-state index contributed by atoms with van der Waals surface area (Å²) in [6.45, 7) is 1.81. The van der Waals surface area contributed by atoms with Crippen molar-refractivity contribution in [2.45, 2.75) is 37.0 Å². The molecule has 4 nitrogen and oxygen atoms in total. The predicted molar refractivity (Wildman–Crippen MR) is 86.7 cm³/mol. The van der Waals surface area contributed by atoms with Crippen LogP contribution in [-0.4, -0.2) is 26.9 Å². The summed E-state index contributed by atoms with van der Waals surface area (Å²) in [6.07, 6.45) is 1.53. The number of allylic oxidation sites excluding steroid dienone is 1. The summed E-state index contributed by atoms with van der Waals surface area (Å²) in [6, 6.07) is 8.20. The second-order valence-electron chi connectivity index (χ2n) is 5.04. The molecule has 1 N–H and O–H groups in total. The molecule has 0 saturated carbocycles. The largest absolute Gasteiger partial charge is 0.479 e. The molecule has 0 amide bonds. The number of carbonyl (C=O) groups is 1. The maximum atomic E-state index is 11.2. The highest BCUT2D eigenvalue weighted by Crippen LogP contribution is 2.49. The first kappa shape index (κ1) is 14.8. The number of nitrogens with zero attached hydrogens (tertiary/aromatic N) is 1. The van der Waals surface area contributed by atoms with Gasteiger partial charge in [-0.2, -0.15) is 0 Å². The van der Waals surface area contributed by atoms with E-state index in [1.807, 2.05) is 12.1 Å². The van der Waals surface area contributed by atoms with E-state index in [2.05, 4.69) is 24.8 Å². The number of carboxylic acids is 1. The van der Waals surface area contributed by atoms with Crippen molar-refractivity contribution < 1.29 is 14.7 Å². The van der Waals surface area contributed by atoms with Crippen LogP contribution in [0.15, 0.2) is 29.2 Å². The van der Waals surface area contributed by atoms with E-state index >= 15 is 0 Å². The number of thioether (sulfide) groups is 1. The quantitative estimate of drug-likeness (QED) is 0.832. The number of carboxylic acid groups (broad SMARTS) is 1. The third-order valence-electron chi connectivity index (χ3n) is 3.71. The van der Waals surface area contributed by atoms with Gasteiger partial charge < -0.3 is 5.11 Å². The smallest absolute Gasteiger partial charge is 0.335 e. The summed E-state index contributed by atoms with van der Waals surface area (Å²) in [5, 5.41) is 10.9. The molecule has 2 aliphatic rings. The van der Waals surface area contributed by atoms with Gasteiger partial charge in [-0.25, -0.2) is 9.86 Å². The fraction of sp³-hybridized carbons (Fsp3) is 0.400. The molecule has 1 aromatic carbocycles. The van der Waals surface area contributed by atoms with Crippen LogP contribution in [0.3, 0.4) is 0 Å². The zero-order chi connectivity index (χ0) is 15.0. The van der Waals surface area contributed by atoms with Crippen molar-refractivity contribution in [3.05, 3.63) is 40.3 Å². The molecule has 1 aliphatic heterocycles. The van der Waals surface area contributed by atoms with Crippen LogP contribution in [0.2, 0.25) is 0 Å². The highest BCUT2D eigenvalue weighted by molar-refractivity contribution is 8.13. The van der Waals surface area contributed by atoms with Crippen molar-refractivity contribution in [1.29, 1.82) is 0 Å². The Kier molecular flexibility index (Phi) is 4.19. The van der Waals surface area contributed by atoms with Gasteiger partial charge in [0.25, 0.3) is 0 Å². The van der Waals surface area contributed by atoms with Gasteiger partial charge in [-0.05, 0) is 24.8 Å². The highest BCUT2D eigenvalue weighted by Gasteiger charge is 2.37. The van der Waals surface area contributed by atoms with Crippen LogP contribution in [-0.2, 0) is 16.1 Å². The molecule has 2 unspecified atom stereocenters. The van der Waals surface area contributed by atoms with Crippen LogP contribution in [0.25, 0.3) is 5.70 Å². The van der Waals surface area contributed by atoms with Crippen molar-refractivity contribution in [1.82, 2.24) is 5.06 Å². The molecule has 1 aliphatic carbocycles. The highest BCUT2D eigenvalue weighted by atomic mass is 32.2. The maximum Gasteiger partial charge on any atom is 0.335 e. The molecule has 21 heavy (non-hydrogen) atoms. The first-order chi connectivity index (χ1) is 10.1. The molecule has 0 saturated heterocycles. The third kappa shape index (κ3) is 2.67. The summed E-state index contributed by atoms with van der Waals surface area (Å²) < 4.78 is -0.199. The molecule has 0 spiro atoms. The van der Waals surface area contributed by atoms with Gasteiger partial charge in [0.15, 0.2) is 6.10 Å². The van der Waals surface area contributed by atoms with Gasteiger partial charge in [0.1, 0.15) is 4.71 Å². The van der Waals surface area contributed by atoms with Gasteiger partial charge in [0, 0.05) is 10.5 Å². The molecule has 0 fully saturated rings. The first-order valence-electron chi connectivity index (χ1n) is 6.96. The zero-order valence-corrected chi connectivity index (χ0v) is 13.4. The van der Waals surface area contributed by atoms with E-state index in [0.29, 0.717) is 6.42 Å². The summed E-state index contributed by atoms with van der Waals surface area (Å²) >= 11 is 6.18. The van der Waals surface area contributed by atoms with Crippen LogP contribution < -0.4 is 0 Å². The molecule has 0 aromatic heterocycles. The number of benzene rings is 1. The Morgan fingerprint density at radius 3 is 3.00 bits per heavy atom. The van der Waals surface area contributed by atoms with Crippen LogP contribution in [0.1, 0.15) is 30.9 Å². The number of thiol groups is 1. The van der Waals surface area contributed by atoms with Crippen LogP contribution in [0, 0.1) is 0 Å². The average Bonchev–Trinajstić information content (AvgIpc) is 2.80. The van der Waals surface area contributed by atoms with Crippen molar-refractivity contribution in [2.24, 2.45) is 0 Å². The van der Waals surface area contributed by atoms with Crippen molar-refractivity contribution in [3.63, 3.8) is 0 Å². The molecule has 112 valence electrons. The summed E-state index contributed by atoms with van der Waals surface area (Å²) in [5.41, 5.74) is 3.39.